The van der Waals surface area contributed by atoms with Crippen molar-refractivity contribution in [3.8, 4) is 0 Å². The summed E-state index contributed by atoms with van der Waals surface area (Å²) in [4.78, 5) is 0. The van der Waals surface area contributed by atoms with Gasteiger partial charge in [-0.2, -0.15) is 0 Å². The average Bonchev–Trinajstić information content (AvgIpc) is 2.31. The highest BCUT2D eigenvalue weighted by molar-refractivity contribution is 4.61. The van der Waals surface area contributed by atoms with Crippen molar-refractivity contribution in [1.29, 1.82) is 0 Å². The standard InChI is InChI=1S/C8H18O.C6H12O/c1-2-3-4-5-6-7-8-9;7-6-4-2-1-3-5-6/h9H,2-8H2,1H3;6-7H,1-5H2. The molecule has 0 saturated heterocycles. The van der Waals surface area contributed by atoms with Crippen LogP contribution < -0.4 is 0 Å². The summed E-state index contributed by atoms with van der Waals surface area (Å²) in [7, 11) is 0. The van der Waals surface area contributed by atoms with E-state index in [1.54, 1.807) is 0 Å². The van der Waals surface area contributed by atoms with Gasteiger partial charge in [0.1, 0.15) is 0 Å². The zero-order chi connectivity index (χ0) is 12.1. The van der Waals surface area contributed by atoms with Crippen LogP contribution in [0.15, 0.2) is 0 Å². The number of rotatable bonds is 6. The molecule has 0 atom stereocenters. The summed E-state index contributed by atoms with van der Waals surface area (Å²) in [6, 6.07) is 0. The van der Waals surface area contributed by atoms with Gasteiger partial charge < -0.3 is 10.2 Å². The minimum absolute atomic E-state index is 0.0359. The molecule has 1 rings (SSSR count). The van der Waals surface area contributed by atoms with E-state index in [1.165, 1.54) is 51.4 Å². The monoisotopic (exact) mass is 230 g/mol. The van der Waals surface area contributed by atoms with Crippen LogP contribution in [0.25, 0.3) is 0 Å². The Balaban J connectivity index is 0.000000288. The summed E-state index contributed by atoms with van der Waals surface area (Å²) in [6.45, 7) is 2.58. The molecule has 98 valence electrons. The normalized spacial score (nSPS) is 16.7. The molecule has 0 aromatic rings. The van der Waals surface area contributed by atoms with Crippen LogP contribution in [0.5, 0.6) is 0 Å². The number of unbranched alkanes of at least 4 members (excludes halogenated alkanes) is 5. The Kier molecular flexibility index (Phi) is 12.9. The third-order valence-corrected chi connectivity index (χ3v) is 3.09. The Morgan fingerprint density at radius 2 is 1.44 bits per heavy atom. The molecule has 0 aromatic carbocycles. The van der Waals surface area contributed by atoms with Gasteiger partial charge in [-0.15, -0.1) is 0 Å². The third-order valence-electron chi connectivity index (χ3n) is 3.09. The highest BCUT2D eigenvalue weighted by Crippen LogP contribution is 2.16. The van der Waals surface area contributed by atoms with Crippen LogP contribution in [0.3, 0.4) is 0 Å². The minimum atomic E-state index is 0.0359. The fourth-order valence-corrected chi connectivity index (χ4v) is 1.97. The number of hydrogen-bond donors (Lipinski definition) is 2. The molecule has 1 aliphatic rings. The number of hydrogen-bond acceptors (Lipinski definition) is 2. The summed E-state index contributed by atoms with van der Waals surface area (Å²) in [6.07, 6.45) is 13.4. The van der Waals surface area contributed by atoms with Crippen molar-refractivity contribution in [2.24, 2.45) is 0 Å². The largest absolute Gasteiger partial charge is 0.396 e. The molecule has 2 heteroatoms. The number of aliphatic hydroxyl groups excluding tert-OH is 2. The van der Waals surface area contributed by atoms with Crippen molar-refractivity contribution < 1.29 is 10.2 Å². The molecule has 2 nitrogen and oxygen atoms in total. The Hall–Kier alpha value is -0.0800. The molecule has 0 aliphatic heterocycles. The second-order valence-corrected chi connectivity index (χ2v) is 4.78. The molecule has 1 saturated carbocycles. The van der Waals surface area contributed by atoms with E-state index in [0.29, 0.717) is 6.61 Å². The van der Waals surface area contributed by atoms with Gasteiger partial charge in [-0.1, -0.05) is 58.3 Å². The second-order valence-electron chi connectivity index (χ2n) is 4.78. The molecule has 0 unspecified atom stereocenters. The lowest BCUT2D eigenvalue weighted by atomic mass is 9.98. The fraction of sp³-hybridized carbons (Fsp3) is 1.00. The van der Waals surface area contributed by atoms with Crippen molar-refractivity contribution in [1.82, 2.24) is 0 Å². The van der Waals surface area contributed by atoms with Gasteiger partial charge in [0.05, 0.1) is 6.10 Å². The minimum Gasteiger partial charge on any atom is -0.396 e. The summed E-state index contributed by atoms with van der Waals surface area (Å²) in [5.41, 5.74) is 0. The molecule has 0 aromatic heterocycles. The van der Waals surface area contributed by atoms with Gasteiger partial charge in [0.15, 0.2) is 0 Å². The summed E-state index contributed by atoms with van der Waals surface area (Å²) in [5.74, 6) is 0. The quantitative estimate of drug-likeness (QED) is 0.684. The first-order chi connectivity index (χ1) is 7.81. The van der Waals surface area contributed by atoms with Gasteiger partial charge in [-0.25, -0.2) is 0 Å². The maximum atomic E-state index is 8.91. The second kappa shape index (κ2) is 13.0. The molecule has 0 spiro atoms. The van der Waals surface area contributed by atoms with E-state index in [-0.39, 0.29) is 6.10 Å². The van der Waals surface area contributed by atoms with Crippen LogP contribution >= 0.6 is 0 Å². The van der Waals surface area contributed by atoms with Crippen LogP contribution in [0.2, 0.25) is 0 Å². The lowest BCUT2D eigenvalue weighted by molar-refractivity contribution is 0.130. The fourth-order valence-electron chi connectivity index (χ4n) is 1.97. The molecule has 0 radical (unpaired) electrons. The zero-order valence-corrected chi connectivity index (χ0v) is 11.0. The molecule has 0 amide bonds. The molecule has 0 bridgehead atoms. The van der Waals surface area contributed by atoms with Crippen molar-refractivity contribution in [2.75, 3.05) is 6.61 Å². The predicted molar refractivity (Wildman–Crippen MR) is 69.6 cm³/mol. The van der Waals surface area contributed by atoms with Crippen LogP contribution in [0, 0.1) is 0 Å². The Morgan fingerprint density at radius 1 is 0.875 bits per heavy atom. The summed E-state index contributed by atoms with van der Waals surface area (Å²) in [5, 5.41) is 17.3. The smallest absolute Gasteiger partial charge is 0.0540 e. The summed E-state index contributed by atoms with van der Waals surface area (Å²) < 4.78 is 0. The highest BCUT2D eigenvalue weighted by Gasteiger charge is 2.07. The molecule has 16 heavy (non-hydrogen) atoms. The highest BCUT2D eigenvalue weighted by atomic mass is 16.3. The van der Waals surface area contributed by atoms with Crippen molar-refractivity contribution in [2.45, 2.75) is 83.7 Å². The van der Waals surface area contributed by atoms with Crippen molar-refractivity contribution in [3.05, 3.63) is 0 Å². The SMILES string of the molecule is CCCCCCCCO.OC1CCCCC1. The maximum Gasteiger partial charge on any atom is 0.0540 e. The first-order valence-electron chi connectivity index (χ1n) is 7.10. The summed E-state index contributed by atoms with van der Waals surface area (Å²) >= 11 is 0. The molecule has 0 heterocycles. The molecule has 2 N–H and O–H groups in total. The van der Waals surface area contributed by atoms with Gasteiger partial charge in [0, 0.05) is 6.61 Å². The van der Waals surface area contributed by atoms with E-state index in [4.69, 9.17) is 10.2 Å². The molecular weight excluding hydrogens is 200 g/mol. The first kappa shape index (κ1) is 15.9. The molecule has 1 fully saturated rings. The van der Waals surface area contributed by atoms with E-state index in [2.05, 4.69) is 6.92 Å². The Labute approximate surface area is 101 Å². The predicted octanol–water partition coefficient (Wildman–Crippen LogP) is 3.65. The zero-order valence-electron chi connectivity index (χ0n) is 11.0. The van der Waals surface area contributed by atoms with E-state index >= 15 is 0 Å². The third kappa shape index (κ3) is 12.0. The van der Waals surface area contributed by atoms with Gasteiger partial charge in [-0.05, 0) is 19.3 Å². The van der Waals surface area contributed by atoms with E-state index in [0.717, 1.165) is 19.3 Å². The van der Waals surface area contributed by atoms with Crippen LogP contribution in [-0.4, -0.2) is 22.9 Å². The van der Waals surface area contributed by atoms with Crippen molar-refractivity contribution >= 4 is 0 Å². The topological polar surface area (TPSA) is 40.5 Å². The number of aliphatic hydroxyl groups is 2. The Morgan fingerprint density at radius 3 is 1.88 bits per heavy atom. The van der Waals surface area contributed by atoms with E-state index in [9.17, 15) is 0 Å². The van der Waals surface area contributed by atoms with Gasteiger partial charge >= 0.3 is 0 Å². The molecular formula is C14H30O2. The van der Waals surface area contributed by atoms with E-state index in [1.807, 2.05) is 0 Å². The average molecular weight is 230 g/mol. The van der Waals surface area contributed by atoms with Gasteiger partial charge in [0.2, 0.25) is 0 Å². The molecule has 1 aliphatic carbocycles. The van der Waals surface area contributed by atoms with Crippen LogP contribution in [-0.2, 0) is 0 Å². The van der Waals surface area contributed by atoms with Crippen molar-refractivity contribution in [3.63, 3.8) is 0 Å². The van der Waals surface area contributed by atoms with Crippen LogP contribution in [0.1, 0.15) is 77.6 Å². The maximum absolute atomic E-state index is 8.91. The van der Waals surface area contributed by atoms with Crippen LogP contribution in [0.4, 0.5) is 0 Å². The lowest BCUT2D eigenvalue weighted by Gasteiger charge is -2.14. The van der Waals surface area contributed by atoms with Gasteiger partial charge in [-0.3, -0.25) is 0 Å². The lowest BCUT2D eigenvalue weighted by Crippen LogP contribution is -2.09. The Bertz CT molecular complexity index is 114. The van der Waals surface area contributed by atoms with Gasteiger partial charge in [0.25, 0.3) is 0 Å². The first-order valence-corrected chi connectivity index (χ1v) is 7.10. The van der Waals surface area contributed by atoms with E-state index < -0.39 is 0 Å².